The van der Waals surface area contributed by atoms with E-state index in [1.807, 2.05) is 12.1 Å². The van der Waals surface area contributed by atoms with Crippen molar-refractivity contribution in [2.75, 3.05) is 12.0 Å². The molecule has 0 radical (unpaired) electrons. The molecule has 0 aliphatic rings. The molecule has 0 amide bonds. The van der Waals surface area contributed by atoms with E-state index in [0.717, 1.165) is 12.1 Å². The van der Waals surface area contributed by atoms with Crippen LogP contribution in [0.25, 0.3) is 0 Å². The predicted molar refractivity (Wildman–Crippen MR) is 65.1 cm³/mol. The lowest BCUT2D eigenvalue weighted by Gasteiger charge is -2.14. The molecular weight excluding hydrogens is 257 g/mol. The van der Waals surface area contributed by atoms with E-state index in [-0.39, 0.29) is 6.54 Å². The number of hydrogen-bond donors (Lipinski definition) is 2. The summed E-state index contributed by atoms with van der Waals surface area (Å²) in [5.41, 5.74) is 2.63. The van der Waals surface area contributed by atoms with Gasteiger partial charge in [0.15, 0.2) is 0 Å². The van der Waals surface area contributed by atoms with Crippen molar-refractivity contribution in [2.45, 2.75) is 12.3 Å². The maximum absolute atomic E-state index is 12.4. The molecule has 1 atom stereocenters. The monoisotopic (exact) mass is 270 g/mol. The Kier molecular flexibility index (Phi) is 3.80. The summed E-state index contributed by atoms with van der Waals surface area (Å²) in [6.45, 7) is 0.208. The molecule has 6 heteroatoms. The summed E-state index contributed by atoms with van der Waals surface area (Å²) < 4.78 is 38.8. The van der Waals surface area contributed by atoms with Gasteiger partial charge in [-0.3, -0.25) is 4.68 Å². The molecule has 0 saturated carbocycles. The van der Waals surface area contributed by atoms with Crippen LogP contribution in [-0.2, 0) is 6.18 Å². The molecule has 0 spiro atoms. The zero-order valence-electron chi connectivity index (χ0n) is 9.93. The molecule has 3 nitrogen and oxygen atoms in total. The third kappa shape index (κ3) is 3.51. The van der Waals surface area contributed by atoms with Gasteiger partial charge in [0.1, 0.15) is 0 Å². The second kappa shape index (κ2) is 5.36. The van der Waals surface area contributed by atoms with E-state index in [2.05, 4.69) is 5.43 Å². The van der Waals surface area contributed by atoms with Gasteiger partial charge in [-0.1, -0.05) is 12.1 Å². The molecule has 0 aliphatic carbocycles. The highest BCUT2D eigenvalue weighted by molar-refractivity contribution is 5.26. The van der Waals surface area contributed by atoms with Gasteiger partial charge in [0.2, 0.25) is 0 Å². The van der Waals surface area contributed by atoms with Crippen LogP contribution in [0.2, 0.25) is 0 Å². The minimum Gasteiger partial charge on any atom is -0.387 e. The fourth-order valence-corrected chi connectivity index (χ4v) is 1.64. The van der Waals surface area contributed by atoms with Crippen LogP contribution >= 0.6 is 0 Å². The van der Waals surface area contributed by atoms with Crippen LogP contribution in [0, 0.1) is 0 Å². The molecule has 1 heterocycles. The van der Waals surface area contributed by atoms with Crippen molar-refractivity contribution >= 4 is 0 Å². The molecule has 1 unspecified atom stereocenters. The molecule has 1 aromatic heterocycles. The van der Waals surface area contributed by atoms with Gasteiger partial charge in [0.05, 0.1) is 18.2 Å². The van der Waals surface area contributed by atoms with E-state index in [1.54, 1.807) is 17.1 Å². The zero-order valence-corrected chi connectivity index (χ0v) is 9.93. The van der Waals surface area contributed by atoms with Crippen molar-refractivity contribution < 1.29 is 18.3 Å². The standard InChI is InChI=1S/C13H13F3N2O/c14-13(15,16)11-5-3-10(4-6-11)12(19)9-17-18-7-1-2-8-18/h1-8,12,17,19H,9H2. The Bertz CT molecular complexity index is 506. The van der Waals surface area contributed by atoms with Crippen molar-refractivity contribution in [3.8, 4) is 0 Å². The normalized spacial score (nSPS) is 13.3. The average Bonchev–Trinajstić information content (AvgIpc) is 2.88. The molecular formula is C13H13F3N2O. The first-order valence-electron chi connectivity index (χ1n) is 5.69. The zero-order chi connectivity index (χ0) is 13.9. The Hall–Kier alpha value is -1.95. The van der Waals surface area contributed by atoms with Gasteiger partial charge in [-0.25, -0.2) is 0 Å². The van der Waals surface area contributed by atoms with Crippen LogP contribution in [0.5, 0.6) is 0 Å². The quantitative estimate of drug-likeness (QED) is 0.896. The van der Waals surface area contributed by atoms with E-state index >= 15 is 0 Å². The fourth-order valence-electron chi connectivity index (χ4n) is 1.64. The highest BCUT2D eigenvalue weighted by Gasteiger charge is 2.30. The first kappa shape index (κ1) is 13.5. The Balaban J connectivity index is 1.97. The number of nitrogens with one attached hydrogen (secondary N) is 1. The lowest BCUT2D eigenvalue weighted by Crippen LogP contribution is -2.20. The number of aliphatic hydroxyl groups excluding tert-OH is 1. The van der Waals surface area contributed by atoms with Gasteiger partial charge in [-0.15, -0.1) is 0 Å². The molecule has 0 aliphatic heterocycles. The highest BCUT2D eigenvalue weighted by Crippen LogP contribution is 2.29. The van der Waals surface area contributed by atoms with E-state index in [4.69, 9.17) is 0 Å². The first-order chi connectivity index (χ1) is 8.97. The van der Waals surface area contributed by atoms with Crippen molar-refractivity contribution in [1.29, 1.82) is 0 Å². The lowest BCUT2D eigenvalue weighted by atomic mass is 10.1. The topological polar surface area (TPSA) is 37.2 Å². The number of aliphatic hydroxyl groups is 1. The molecule has 19 heavy (non-hydrogen) atoms. The van der Waals surface area contributed by atoms with Gasteiger partial charge >= 0.3 is 6.18 Å². The third-order valence-electron chi connectivity index (χ3n) is 2.69. The largest absolute Gasteiger partial charge is 0.416 e. The van der Waals surface area contributed by atoms with Crippen molar-refractivity contribution in [3.05, 3.63) is 59.9 Å². The second-order valence-electron chi connectivity index (χ2n) is 4.09. The maximum Gasteiger partial charge on any atom is 0.416 e. The maximum atomic E-state index is 12.4. The highest BCUT2D eigenvalue weighted by atomic mass is 19.4. The Morgan fingerprint density at radius 2 is 1.68 bits per heavy atom. The third-order valence-corrected chi connectivity index (χ3v) is 2.69. The van der Waals surface area contributed by atoms with Crippen LogP contribution in [0.1, 0.15) is 17.2 Å². The molecule has 0 saturated heterocycles. The Labute approximate surface area is 108 Å². The van der Waals surface area contributed by atoms with Crippen LogP contribution in [0.4, 0.5) is 13.2 Å². The minimum atomic E-state index is -4.35. The predicted octanol–water partition coefficient (Wildman–Crippen LogP) is 2.78. The molecule has 2 aromatic rings. The minimum absolute atomic E-state index is 0.208. The SMILES string of the molecule is OC(CNn1cccc1)c1ccc(C(F)(F)F)cc1. The molecule has 1 aromatic carbocycles. The Morgan fingerprint density at radius 3 is 2.21 bits per heavy atom. The average molecular weight is 270 g/mol. The number of benzene rings is 1. The van der Waals surface area contributed by atoms with Crippen LogP contribution in [-0.4, -0.2) is 16.3 Å². The van der Waals surface area contributed by atoms with Gasteiger partial charge in [0.25, 0.3) is 0 Å². The smallest absolute Gasteiger partial charge is 0.387 e. The molecule has 0 fully saturated rings. The molecule has 102 valence electrons. The van der Waals surface area contributed by atoms with Gasteiger partial charge in [-0.05, 0) is 29.8 Å². The van der Waals surface area contributed by atoms with E-state index in [1.165, 1.54) is 12.1 Å². The lowest BCUT2D eigenvalue weighted by molar-refractivity contribution is -0.137. The summed E-state index contributed by atoms with van der Waals surface area (Å²) in [5, 5.41) is 9.86. The van der Waals surface area contributed by atoms with Crippen molar-refractivity contribution in [3.63, 3.8) is 0 Å². The number of halogens is 3. The first-order valence-corrected chi connectivity index (χ1v) is 5.69. The summed E-state index contributed by atoms with van der Waals surface area (Å²) in [6, 6.07) is 8.13. The second-order valence-corrected chi connectivity index (χ2v) is 4.09. The van der Waals surface area contributed by atoms with Gasteiger partial charge in [0, 0.05) is 12.4 Å². The molecule has 2 rings (SSSR count). The Morgan fingerprint density at radius 1 is 1.11 bits per heavy atom. The van der Waals surface area contributed by atoms with Crippen LogP contribution in [0.3, 0.4) is 0 Å². The van der Waals surface area contributed by atoms with Crippen LogP contribution in [0.15, 0.2) is 48.8 Å². The summed E-state index contributed by atoms with van der Waals surface area (Å²) in [5.74, 6) is 0. The van der Waals surface area contributed by atoms with Crippen LogP contribution < -0.4 is 5.43 Å². The summed E-state index contributed by atoms with van der Waals surface area (Å²) in [7, 11) is 0. The molecule has 0 bridgehead atoms. The number of rotatable bonds is 4. The van der Waals surface area contributed by atoms with Crippen molar-refractivity contribution in [2.24, 2.45) is 0 Å². The van der Waals surface area contributed by atoms with Crippen molar-refractivity contribution in [1.82, 2.24) is 4.68 Å². The van der Waals surface area contributed by atoms with Gasteiger partial charge in [-0.2, -0.15) is 13.2 Å². The number of hydrogen-bond acceptors (Lipinski definition) is 2. The summed E-state index contributed by atoms with van der Waals surface area (Å²) in [4.78, 5) is 0. The van der Waals surface area contributed by atoms with E-state index in [0.29, 0.717) is 5.56 Å². The molecule has 2 N–H and O–H groups in total. The number of aromatic nitrogens is 1. The fraction of sp³-hybridized carbons (Fsp3) is 0.231. The van der Waals surface area contributed by atoms with E-state index in [9.17, 15) is 18.3 Å². The van der Waals surface area contributed by atoms with Gasteiger partial charge < -0.3 is 10.5 Å². The van der Waals surface area contributed by atoms with E-state index < -0.39 is 17.8 Å². The number of nitrogens with zero attached hydrogens (tertiary/aromatic N) is 1. The summed E-state index contributed by atoms with van der Waals surface area (Å²) in [6.07, 6.45) is -1.70. The number of alkyl halides is 3. The summed E-state index contributed by atoms with van der Waals surface area (Å²) >= 11 is 0.